The smallest absolute Gasteiger partial charge is 0.129 e. The summed E-state index contributed by atoms with van der Waals surface area (Å²) < 4.78 is 16.2. The van der Waals surface area contributed by atoms with Crippen molar-refractivity contribution in [3.05, 3.63) is 23.8 Å². The highest BCUT2D eigenvalue weighted by Crippen LogP contribution is 2.23. The van der Waals surface area contributed by atoms with E-state index in [0.29, 0.717) is 31.2 Å². The van der Waals surface area contributed by atoms with Crippen LogP contribution in [0.3, 0.4) is 0 Å². The van der Waals surface area contributed by atoms with Crippen LogP contribution in [-0.2, 0) is 20.6 Å². The molecule has 0 bridgehead atoms. The molecular formula is C18H32N2O7. The van der Waals surface area contributed by atoms with Crippen LogP contribution in [0.1, 0.15) is 38.3 Å². The van der Waals surface area contributed by atoms with Gasteiger partial charge in [0, 0.05) is 32.4 Å². The normalized spacial score (nSPS) is 17.3. The lowest BCUT2D eigenvalue weighted by molar-refractivity contribution is -0.124. The molecule has 0 spiro atoms. The molecule has 0 fully saturated rings. The van der Waals surface area contributed by atoms with Gasteiger partial charge in [0.05, 0.1) is 36.9 Å². The quantitative estimate of drug-likeness (QED) is 0.336. The average molecular weight is 388 g/mol. The molecule has 1 rings (SSSR count). The molecule has 0 aliphatic heterocycles. The highest BCUT2D eigenvalue weighted by Gasteiger charge is 2.31. The van der Waals surface area contributed by atoms with Gasteiger partial charge in [-0.15, -0.1) is 0 Å². The van der Waals surface area contributed by atoms with Crippen molar-refractivity contribution >= 4 is 0 Å². The first kappa shape index (κ1) is 23.8. The number of rotatable bonds is 14. The molecule has 9 heteroatoms. The Morgan fingerprint density at radius 3 is 1.93 bits per heavy atom. The third kappa shape index (κ3) is 7.38. The van der Waals surface area contributed by atoms with Gasteiger partial charge in [0.2, 0.25) is 0 Å². The fraction of sp³-hybridized carbons (Fsp3) is 0.778. The molecule has 0 saturated heterocycles. The first-order valence-corrected chi connectivity index (χ1v) is 9.25. The SMILES string of the molecule is CCO[C@@H](CO)[C@@H](O)[C@@H](OCC)c1cnc(C[C@H](O)[C@H](CO)OCC)cn1. The van der Waals surface area contributed by atoms with Crippen LogP contribution in [0.15, 0.2) is 12.4 Å². The minimum atomic E-state index is -1.11. The summed E-state index contributed by atoms with van der Waals surface area (Å²) in [6.45, 7) is 5.76. The Morgan fingerprint density at radius 2 is 1.44 bits per heavy atom. The molecule has 0 radical (unpaired) electrons. The molecule has 5 atom stereocenters. The Bertz CT molecular complexity index is 503. The van der Waals surface area contributed by atoms with Gasteiger partial charge in [-0.05, 0) is 20.8 Å². The van der Waals surface area contributed by atoms with E-state index in [2.05, 4.69) is 9.97 Å². The lowest BCUT2D eigenvalue weighted by Gasteiger charge is -2.28. The Hall–Kier alpha value is -1.20. The predicted molar refractivity (Wildman–Crippen MR) is 97.1 cm³/mol. The van der Waals surface area contributed by atoms with Crippen LogP contribution in [-0.4, -0.2) is 87.8 Å². The van der Waals surface area contributed by atoms with Crippen LogP contribution in [0.2, 0.25) is 0 Å². The minimum absolute atomic E-state index is 0.165. The highest BCUT2D eigenvalue weighted by atomic mass is 16.5. The lowest BCUT2D eigenvalue weighted by Crippen LogP contribution is -2.38. The van der Waals surface area contributed by atoms with Gasteiger partial charge in [0.15, 0.2) is 0 Å². The van der Waals surface area contributed by atoms with E-state index in [9.17, 15) is 20.4 Å². The second kappa shape index (κ2) is 13.1. The van der Waals surface area contributed by atoms with Crippen LogP contribution in [0.4, 0.5) is 0 Å². The van der Waals surface area contributed by atoms with E-state index in [1.807, 2.05) is 0 Å². The zero-order valence-corrected chi connectivity index (χ0v) is 16.2. The fourth-order valence-corrected chi connectivity index (χ4v) is 2.67. The zero-order valence-electron chi connectivity index (χ0n) is 16.2. The maximum atomic E-state index is 10.5. The van der Waals surface area contributed by atoms with E-state index in [0.717, 1.165) is 0 Å². The van der Waals surface area contributed by atoms with Crippen LogP contribution in [0.5, 0.6) is 0 Å². The molecule has 0 aromatic carbocycles. The van der Waals surface area contributed by atoms with Crippen molar-refractivity contribution in [2.45, 2.75) is 57.7 Å². The monoisotopic (exact) mass is 388 g/mol. The summed E-state index contributed by atoms with van der Waals surface area (Å²) in [6, 6.07) is 0. The van der Waals surface area contributed by atoms with Crippen LogP contribution in [0, 0.1) is 0 Å². The largest absolute Gasteiger partial charge is 0.394 e. The second-order valence-electron chi connectivity index (χ2n) is 5.92. The van der Waals surface area contributed by atoms with Gasteiger partial charge in [0.25, 0.3) is 0 Å². The molecule has 1 aromatic rings. The number of nitrogens with zero attached hydrogens (tertiary/aromatic N) is 2. The van der Waals surface area contributed by atoms with Crippen molar-refractivity contribution < 1.29 is 34.6 Å². The van der Waals surface area contributed by atoms with Crippen molar-refractivity contribution in [2.75, 3.05) is 33.0 Å². The van der Waals surface area contributed by atoms with E-state index in [-0.39, 0.29) is 19.6 Å². The van der Waals surface area contributed by atoms with Gasteiger partial charge >= 0.3 is 0 Å². The fourth-order valence-electron chi connectivity index (χ4n) is 2.67. The summed E-state index contributed by atoms with van der Waals surface area (Å²) in [7, 11) is 0. The molecule has 0 aliphatic rings. The van der Waals surface area contributed by atoms with Gasteiger partial charge in [-0.2, -0.15) is 0 Å². The van der Waals surface area contributed by atoms with Crippen molar-refractivity contribution in [3.8, 4) is 0 Å². The number of ether oxygens (including phenoxy) is 3. The first-order chi connectivity index (χ1) is 13.0. The zero-order chi connectivity index (χ0) is 20.2. The third-order valence-corrected chi connectivity index (χ3v) is 4.02. The lowest BCUT2D eigenvalue weighted by atomic mass is 10.0. The number of hydrogen-bond donors (Lipinski definition) is 4. The second-order valence-corrected chi connectivity index (χ2v) is 5.92. The molecule has 1 heterocycles. The summed E-state index contributed by atoms with van der Waals surface area (Å²) in [4.78, 5) is 8.54. The standard InChI is InChI=1S/C18H32N2O7/c1-4-25-15(10-21)14(23)7-12-8-20-13(9-19-12)18(27-6-3)17(24)16(11-22)26-5-2/h8-9,14-18,21-24H,4-7,10-11H2,1-3H3/t14-,15-,16-,17+,18-/m0/s1. The van der Waals surface area contributed by atoms with Crippen LogP contribution < -0.4 is 0 Å². The van der Waals surface area contributed by atoms with E-state index >= 15 is 0 Å². The summed E-state index contributed by atoms with van der Waals surface area (Å²) in [5.41, 5.74) is 0.905. The Balaban J connectivity index is 2.86. The van der Waals surface area contributed by atoms with Crippen molar-refractivity contribution in [2.24, 2.45) is 0 Å². The topological polar surface area (TPSA) is 134 Å². The van der Waals surface area contributed by atoms with E-state index in [1.54, 1.807) is 20.8 Å². The van der Waals surface area contributed by atoms with E-state index in [1.165, 1.54) is 12.4 Å². The molecule has 156 valence electrons. The molecule has 27 heavy (non-hydrogen) atoms. The molecule has 4 N–H and O–H groups in total. The van der Waals surface area contributed by atoms with Gasteiger partial charge in [-0.3, -0.25) is 9.97 Å². The highest BCUT2D eigenvalue weighted by molar-refractivity contribution is 5.09. The Morgan fingerprint density at radius 1 is 0.852 bits per heavy atom. The van der Waals surface area contributed by atoms with E-state index in [4.69, 9.17) is 14.2 Å². The molecular weight excluding hydrogens is 356 g/mol. The molecule has 0 amide bonds. The number of aliphatic hydroxyl groups excluding tert-OH is 4. The summed E-state index contributed by atoms with van der Waals surface area (Å²) in [5, 5.41) is 39.3. The number of aromatic nitrogens is 2. The van der Waals surface area contributed by atoms with Crippen LogP contribution in [0.25, 0.3) is 0 Å². The van der Waals surface area contributed by atoms with Crippen molar-refractivity contribution in [1.82, 2.24) is 9.97 Å². The van der Waals surface area contributed by atoms with Crippen LogP contribution >= 0.6 is 0 Å². The number of hydrogen-bond acceptors (Lipinski definition) is 9. The Labute approximate surface area is 159 Å². The molecule has 0 aliphatic carbocycles. The maximum Gasteiger partial charge on any atom is 0.129 e. The van der Waals surface area contributed by atoms with E-state index < -0.39 is 30.5 Å². The third-order valence-electron chi connectivity index (χ3n) is 4.02. The van der Waals surface area contributed by atoms with Gasteiger partial charge in [-0.1, -0.05) is 0 Å². The molecule has 0 unspecified atom stereocenters. The number of aliphatic hydroxyl groups is 4. The first-order valence-electron chi connectivity index (χ1n) is 9.25. The molecule has 0 saturated carbocycles. The summed E-state index contributed by atoms with van der Waals surface area (Å²) >= 11 is 0. The van der Waals surface area contributed by atoms with Crippen molar-refractivity contribution in [1.29, 1.82) is 0 Å². The maximum absolute atomic E-state index is 10.5. The summed E-state index contributed by atoms with van der Waals surface area (Å²) in [5.74, 6) is 0. The van der Waals surface area contributed by atoms with Crippen molar-refractivity contribution in [3.63, 3.8) is 0 Å². The minimum Gasteiger partial charge on any atom is -0.394 e. The van der Waals surface area contributed by atoms with Gasteiger partial charge in [0.1, 0.15) is 24.4 Å². The predicted octanol–water partition coefficient (Wildman–Crippen LogP) is -0.387. The summed E-state index contributed by atoms with van der Waals surface area (Å²) in [6.07, 6.45) is -1.22. The molecule has 1 aromatic heterocycles. The Kier molecular flexibility index (Phi) is 11.5. The molecule has 9 nitrogen and oxygen atoms in total. The van der Waals surface area contributed by atoms with Gasteiger partial charge in [-0.25, -0.2) is 0 Å². The van der Waals surface area contributed by atoms with Gasteiger partial charge < -0.3 is 34.6 Å². The average Bonchev–Trinajstić information content (AvgIpc) is 2.68.